The Labute approximate surface area is 87.3 Å². The minimum atomic E-state index is -0.0427. The van der Waals surface area contributed by atoms with Crippen molar-refractivity contribution >= 4 is 5.97 Å². The molecule has 0 aromatic rings. The molecule has 0 aliphatic rings. The summed E-state index contributed by atoms with van der Waals surface area (Å²) in [5, 5.41) is 0. The second-order valence-corrected chi connectivity index (χ2v) is 3.39. The average molecular weight is 198 g/mol. The molecule has 0 spiro atoms. The van der Waals surface area contributed by atoms with Crippen molar-refractivity contribution in [3.8, 4) is 0 Å². The Morgan fingerprint density at radius 1 is 1.29 bits per heavy atom. The Morgan fingerprint density at radius 3 is 2.71 bits per heavy atom. The van der Waals surface area contributed by atoms with Crippen molar-refractivity contribution in [1.82, 2.24) is 0 Å². The highest BCUT2D eigenvalue weighted by Gasteiger charge is 2.00. The first kappa shape index (κ1) is 13.2. The van der Waals surface area contributed by atoms with Gasteiger partial charge in [-0.25, -0.2) is 0 Å². The highest BCUT2D eigenvalue weighted by atomic mass is 16.5. The van der Waals surface area contributed by atoms with Crippen LogP contribution in [-0.2, 0) is 9.53 Å². The predicted octanol–water partition coefficient (Wildman–Crippen LogP) is 3.47. The van der Waals surface area contributed by atoms with Crippen LogP contribution >= 0.6 is 0 Å². The van der Waals surface area contributed by atoms with Gasteiger partial charge in [-0.05, 0) is 26.2 Å². The summed E-state index contributed by atoms with van der Waals surface area (Å²) in [6.07, 6.45) is 9.85. The lowest BCUT2D eigenvalue weighted by molar-refractivity contribution is -0.143. The highest BCUT2D eigenvalue weighted by Crippen LogP contribution is 2.01. The quantitative estimate of drug-likeness (QED) is 0.339. The Morgan fingerprint density at radius 2 is 2.07 bits per heavy atom. The van der Waals surface area contributed by atoms with Crippen LogP contribution in [-0.4, -0.2) is 12.6 Å². The number of ether oxygens (including phenoxy) is 1. The molecule has 0 saturated carbocycles. The Hall–Kier alpha value is -0.790. The maximum atomic E-state index is 11.1. The third kappa shape index (κ3) is 9.30. The van der Waals surface area contributed by atoms with Crippen LogP contribution < -0.4 is 0 Å². The predicted molar refractivity (Wildman–Crippen MR) is 59.1 cm³/mol. The number of unbranched alkanes of at least 4 members (excludes halogenated alkanes) is 3. The molecule has 0 heterocycles. The van der Waals surface area contributed by atoms with Crippen LogP contribution in [0.3, 0.4) is 0 Å². The first-order valence-electron chi connectivity index (χ1n) is 5.58. The van der Waals surface area contributed by atoms with Crippen molar-refractivity contribution < 1.29 is 9.53 Å². The van der Waals surface area contributed by atoms with Gasteiger partial charge < -0.3 is 4.74 Å². The van der Waals surface area contributed by atoms with Gasteiger partial charge in [0, 0.05) is 6.42 Å². The van der Waals surface area contributed by atoms with Gasteiger partial charge in [0.15, 0.2) is 0 Å². The first-order chi connectivity index (χ1) is 6.81. The van der Waals surface area contributed by atoms with E-state index in [2.05, 4.69) is 13.0 Å². The van der Waals surface area contributed by atoms with Gasteiger partial charge in [-0.3, -0.25) is 4.79 Å². The molecule has 0 saturated heterocycles. The van der Waals surface area contributed by atoms with Crippen LogP contribution in [0.15, 0.2) is 12.2 Å². The number of esters is 1. The van der Waals surface area contributed by atoms with Gasteiger partial charge in [-0.2, -0.15) is 0 Å². The zero-order valence-corrected chi connectivity index (χ0v) is 9.42. The van der Waals surface area contributed by atoms with Crippen LogP contribution in [0, 0.1) is 0 Å². The molecule has 0 aliphatic heterocycles. The monoisotopic (exact) mass is 198 g/mol. The SMILES string of the molecule is C/C=C/CCCOC(=O)CCCCC. The zero-order chi connectivity index (χ0) is 10.6. The first-order valence-corrected chi connectivity index (χ1v) is 5.58. The maximum Gasteiger partial charge on any atom is 0.305 e. The molecule has 0 radical (unpaired) electrons. The standard InChI is InChI=1S/C12H22O2/c1-3-5-7-9-11-14-12(13)10-8-6-4-2/h3,5H,4,6-11H2,1-2H3/b5-3+. The lowest BCUT2D eigenvalue weighted by atomic mass is 10.2. The molecular formula is C12H22O2. The maximum absolute atomic E-state index is 11.1. The molecule has 0 aromatic heterocycles. The van der Waals surface area contributed by atoms with Crippen molar-refractivity contribution in [2.24, 2.45) is 0 Å². The number of hydrogen-bond donors (Lipinski definition) is 0. The number of carbonyl (C=O) groups is 1. The average Bonchev–Trinajstić information content (AvgIpc) is 2.18. The number of carbonyl (C=O) groups excluding carboxylic acids is 1. The summed E-state index contributed by atoms with van der Waals surface area (Å²) in [5.41, 5.74) is 0. The molecule has 2 nitrogen and oxygen atoms in total. The van der Waals surface area contributed by atoms with E-state index in [-0.39, 0.29) is 5.97 Å². The van der Waals surface area contributed by atoms with Crippen LogP contribution in [0.4, 0.5) is 0 Å². The second kappa shape index (κ2) is 10.3. The van der Waals surface area contributed by atoms with Gasteiger partial charge in [-0.15, -0.1) is 0 Å². The van der Waals surface area contributed by atoms with Crippen LogP contribution in [0.2, 0.25) is 0 Å². The largest absolute Gasteiger partial charge is 0.466 e. The van der Waals surface area contributed by atoms with Crippen LogP contribution in [0.1, 0.15) is 52.4 Å². The molecular weight excluding hydrogens is 176 g/mol. The third-order valence-corrected chi connectivity index (χ3v) is 2.00. The summed E-state index contributed by atoms with van der Waals surface area (Å²) in [6.45, 7) is 4.69. The fourth-order valence-electron chi connectivity index (χ4n) is 1.15. The van der Waals surface area contributed by atoms with E-state index in [0.717, 1.165) is 32.1 Å². The lowest BCUT2D eigenvalue weighted by Gasteiger charge is -2.02. The minimum Gasteiger partial charge on any atom is -0.466 e. The summed E-state index contributed by atoms with van der Waals surface area (Å²) in [5.74, 6) is -0.0427. The van der Waals surface area contributed by atoms with Gasteiger partial charge >= 0.3 is 5.97 Å². The van der Waals surface area contributed by atoms with Crippen molar-refractivity contribution in [1.29, 1.82) is 0 Å². The molecule has 82 valence electrons. The highest BCUT2D eigenvalue weighted by molar-refractivity contribution is 5.69. The van der Waals surface area contributed by atoms with E-state index < -0.39 is 0 Å². The fraction of sp³-hybridized carbons (Fsp3) is 0.750. The molecule has 0 atom stereocenters. The molecule has 14 heavy (non-hydrogen) atoms. The van der Waals surface area contributed by atoms with Gasteiger partial charge in [-0.1, -0.05) is 31.9 Å². The van der Waals surface area contributed by atoms with Crippen molar-refractivity contribution in [2.75, 3.05) is 6.61 Å². The molecule has 0 rings (SSSR count). The van der Waals surface area contributed by atoms with Gasteiger partial charge in [0.05, 0.1) is 6.61 Å². The summed E-state index contributed by atoms with van der Waals surface area (Å²) in [4.78, 5) is 11.1. The summed E-state index contributed by atoms with van der Waals surface area (Å²) >= 11 is 0. The van der Waals surface area contributed by atoms with E-state index in [9.17, 15) is 4.79 Å². The number of hydrogen-bond acceptors (Lipinski definition) is 2. The van der Waals surface area contributed by atoms with E-state index in [1.807, 2.05) is 13.0 Å². The molecule has 2 heteroatoms. The van der Waals surface area contributed by atoms with E-state index in [1.165, 1.54) is 0 Å². The molecule has 0 N–H and O–H groups in total. The minimum absolute atomic E-state index is 0.0427. The number of allylic oxidation sites excluding steroid dienone is 2. The Bertz CT molecular complexity index is 162. The van der Waals surface area contributed by atoms with Gasteiger partial charge in [0.25, 0.3) is 0 Å². The van der Waals surface area contributed by atoms with Crippen molar-refractivity contribution in [2.45, 2.75) is 52.4 Å². The van der Waals surface area contributed by atoms with Gasteiger partial charge in [0.2, 0.25) is 0 Å². The van der Waals surface area contributed by atoms with E-state index >= 15 is 0 Å². The molecule has 0 fully saturated rings. The van der Waals surface area contributed by atoms with Crippen molar-refractivity contribution in [3.63, 3.8) is 0 Å². The molecule has 0 aromatic carbocycles. The van der Waals surface area contributed by atoms with E-state index in [0.29, 0.717) is 13.0 Å². The Balaban J connectivity index is 3.18. The topological polar surface area (TPSA) is 26.3 Å². The molecule has 0 amide bonds. The van der Waals surface area contributed by atoms with E-state index in [4.69, 9.17) is 4.74 Å². The Kier molecular flexibility index (Phi) is 9.71. The smallest absolute Gasteiger partial charge is 0.305 e. The second-order valence-electron chi connectivity index (χ2n) is 3.39. The van der Waals surface area contributed by atoms with Crippen molar-refractivity contribution in [3.05, 3.63) is 12.2 Å². The zero-order valence-electron chi connectivity index (χ0n) is 9.42. The molecule has 0 aliphatic carbocycles. The van der Waals surface area contributed by atoms with Crippen LogP contribution in [0.5, 0.6) is 0 Å². The summed E-state index contributed by atoms with van der Waals surface area (Å²) in [7, 11) is 0. The van der Waals surface area contributed by atoms with Crippen LogP contribution in [0.25, 0.3) is 0 Å². The number of rotatable bonds is 8. The lowest BCUT2D eigenvalue weighted by Crippen LogP contribution is -2.05. The van der Waals surface area contributed by atoms with Gasteiger partial charge in [0.1, 0.15) is 0 Å². The summed E-state index contributed by atoms with van der Waals surface area (Å²) in [6, 6.07) is 0. The molecule has 0 bridgehead atoms. The van der Waals surface area contributed by atoms with E-state index in [1.54, 1.807) is 0 Å². The normalized spacial score (nSPS) is 10.7. The third-order valence-electron chi connectivity index (χ3n) is 2.00. The fourth-order valence-corrected chi connectivity index (χ4v) is 1.15. The summed E-state index contributed by atoms with van der Waals surface area (Å²) < 4.78 is 5.06. The molecule has 0 unspecified atom stereocenters.